The third-order valence-corrected chi connectivity index (χ3v) is 5.60. The minimum atomic E-state index is -0.534. The number of carbonyl (C=O) groups is 1. The van der Waals surface area contributed by atoms with Crippen LogP contribution in [0.5, 0.6) is 0 Å². The molecular formula is C18H16N4O3S. The van der Waals surface area contributed by atoms with Crippen LogP contribution in [0, 0.1) is 30.9 Å². The van der Waals surface area contributed by atoms with Crippen molar-refractivity contribution >= 4 is 38.8 Å². The van der Waals surface area contributed by atoms with Gasteiger partial charge in [-0.15, -0.1) is 11.3 Å². The SMILES string of the molecule is Cc1cc(C)c2c3c(sc2n1)C(=O)NC(c1ccc(C)c([N+](=O)[O-])c1)N3. The number of aromatic nitrogens is 1. The molecule has 1 unspecified atom stereocenters. The summed E-state index contributed by atoms with van der Waals surface area (Å²) in [5.41, 5.74) is 3.94. The number of benzene rings is 1. The van der Waals surface area contributed by atoms with Crippen molar-refractivity contribution in [3.05, 3.63) is 61.6 Å². The molecular weight excluding hydrogens is 352 g/mol. The molecule has 0 aliphatic carbocycles. The predicted molar refractivity (Wildman–Crippen MR) is 101 cm³/mol. The van der Waals surface area contributed by atoms with E-state index in [1.807, 2.05) is 19.9 Å². The highest BCUT2D eigenvalue weighted by molar-refractivity contribution is 7.21. The molecule has 2 N–H and O–H groups in total. The zero-order chi connectivity index (χ0) is 18.6. The number of fused-ring (bicyclic) bond motifs is 3. The standard InChI is InChI=1S/C18H16N4O3S/c1-8-4-5-11(7-12(8)22(24)25)16-20-14-13-9(2)6-10(3)19-18(13)26-15(14)17(23)21-16/h4-7,16,20H,1-3H3,(H,21,23). The average Bonchev–Trinajstić information content (AvgIpc) is 2.94. The number of pyridine rings is 1. The minimum Gasteiger partial charge on any atom is -0.360 e. The van der Waals surface area contributed by atoms with Gasteiger partial charge in [-0.3, -0.25) is 14.9 Å². The highest BCUT2D eigenvalue weighted by atomic mass is 32.1. The van der Waals surface area contributed by atoms with Gasteiger partial charge in [-0.2, -0.15) is 0 Å². The van der Waals surface area contributed by atoms with Gasteiger partial charge in [-0.05, 0) is 32.4 Å². The fourth-order valence-electron chi connectivity index (χ4n) is 3.29. The summed E-state index contributed by atoms with van der Waals surface area (Å²) in [4.78, 5) is 29.4. The lowest BCUT2D eigenvalue weighted by atomic mass is 10.0. The quantitative estimate of drug-likeness (QED) is 0.527. The smallest absolute Gasteiger partial charge is 0.272 e. The minimum absolute atomic E-state index is 0.0352. The van der Waals surface area contributed by atoms with Crippen molar-refractivity contribution in [3.63, 3.8) is 0 Å². The molecule has 3 aromatic rings. The molecule has 4 rings (SSSR count). The molecule has 0 spiro atoms. The van der Waals surface area contributed by atoms with Crippen LogP contribution >= 0.6 is 11.3 Å². The number of thiophene rings is 1. The molecule has 26 heavy (non-hydrogen) atoms. The van der Waals surface area contributed by atoms with Gasteiger partial charge in [-0.25, -0.2) is 4.98 Å². The third-order valence-electron chi connectivity index (χ3n) is 4.52. The van der Waals surface area contributed by atoms with E-state index in [9.17, 15) is 14.9 Å². The molecule has 0 fully saturated rings. The lowest BCUT2D eigenvalue weighted by Gasteiger charge is -2.26. The summed E-state index contributed by atoms with van der Waals surface area (Å²) in [5.74, 6) is -0.202. The summed E-state index contributed by atoms with van der Waals surface area (Å²) in [5, 5.41) is 18.4. The van der Waals surface area contributed by atoms with Crippen LogP contribution in [0.4, 0.5) is 11.4 Å². The van der Waals surface area contributed by atoms with Gasteiger partial charge in [0.15, 0.2) is 0 Å². The zero-order valence-electron chi connectivity index (χ0n) is 14.4. The molecule has 1 aliphatic heterocycles. The third kappa shape index (κ3) is 2.50. The highest BCUT2D eigenvalue weighted by Gasteiger charge is 2.30. The van der Waals surface area contributed by atoms with Crippen molar-refractivity contribution in [1.82, 2.24) is 10.3 Å². The maximum atomic E-state index is 12.6. The first kappa shape index (κ1) is 16.5. The van der Waals surface area contributed by atoms with Crippen LogP contribution < -0.4 is 10.6 Å². The second kappa shape index (κ2) is 5.77. The van der Waals surface area contributed by atoms with E-state index in [4.69, 9.17) is 0 Å². The first-order chi connectivity index (χ1) is 12.3. The molecule has 3 heterocycles. The van der Waals surface area contributed by atoms with E-state index in [2.05, 4.69) is 15.6 Å². The van der Waals surface area contributed by atoms with Gasteiger partial charge in [-0.1, -0.05) is 12.1 Å². The number of anilines is 1. The van der Waals surface area contributed by atoms with Crippen LogP contribution in [0.1, 0.15) is 38.2 Å². The maximum absolute atomic E-state index is 12.6. The number of carbonyl (C=O) groups excluding carboxylic acids is 1. The highest BCUT2D eigenvalue weighted by Crippen LogP contribution is 2.41. The second-order valence-electron chi connectivity index (χ2n) is 6.42. The van der Waals surface area contributed by atoms with Gasteiger partial charge in [0.2, 0.25) is 0 Å². The van der Waals surface area contributed by atoms with Crippen molar-refractivity contribution < 1.29 is 9.72 Å². The number of aryl methyl sites for hydroxylation is 3. The molecule has 8 heteroatoms. The number of nitro groups is 1. The van der Waals surface area contributed by atoms with Crippen molar-refractivity contribution in [1.29, 1.82) is 0 Å². The number of amides is 1. The van der Waals surface area contributed by atoms with E-state index in [-0.39, 0.29) is 11.6 Å². The van der Waals surface area contributed by atoms with E-state index >= 15 is 0 Å². The maximum Gasteiger partial charge on any atom is 0.272 e. The first-order valence-electron chi connectivity index (χ1n) is 8.08. The molecule has 0 saturated heterocycles. The van der Waals surface area contributed by atoms with Gasteiger partial charge in [0, 0.05) is 28.3 Å². The van der Waals surface area contributed by atoms with Crippen LogP contribution in [0.3, 0.4) is 0 Å². The lowest BCUT2D eigenvalue weighted by molar-refractivity contribution is -0.385. The Kier molecular flexibility index (Phi) is 3.66. The Bertz CT molecular complexity index is 1090. The fourth-order valence-corrected chi connectivity index (χ4v) is 4.45. The molecule has 0 bridgehead atoms. The van der Waals surface area contributed by atoms with E-state index in [0.29, 0.717) is 16.0 Å². The fraction of sp³-hybridized carbons (Fsp3) is 0.222. The summed E-state index contributed by atoms with van der Waals surface area (Å²) in [6.45, 7) is 5.60. The Balaban J connectivity index is 1.82. The Morgan fingerprint density at radius 2 is 1.92 bits per heavy atom. The van der Waals surface area contributed by atoms with Gasteiger partial charge >= 0.3 is 0 Å². The molecule has 1 aliphatic rings. The summed E-state index contributed by atoms with van der Waals surface area (Å²) in [6, 6.07) is 6.96. The summed E-state index contributed by atoms with van der Waals surface area (Å²) in [6.07, 6.45) is -0.534. The van der Waals surface area contributed by atoms with Crippen LogP contribution in [0.2, 0.25) is 0 Å². The summed E-state index contributed by atoms with van der Waals surface area (Å²) < 4.78 is 0. The molecule has 7 nitrogen and oxygen atoms in total. The normalized spacial score (nSPS) is 16.1. The zero-order valence-corrected chi connectivity index (χ0v) is 15.2. The van der Waals surface area contributed by atoms with Crippen LogP contribution in [-0.4, -0.2) is 15.8 Å². The molecule has 1 aromatic carbocycles. The summed E-state index contributed by atoms with van der Waals surface area (Å²) >= 11 is 1.35. The van der Waals surface area contributed by atoms with Gasteiger partial charge < -0.3 is 10.6 Å². The molecule has 0 radical (unpaired) electrons. The van der Waals surface area contributed by atoms with Crippen LogP contribution in [0.15, 0.2) is 24.3 Å². The van der Waals surface area contributed by atoms with Crippen molar-refractivity contribution in [2.24, 2.45) is 0 Å². The predicted octanol–water partition coefficient (Wildman–Crippen LogP) is 3.98. The number of nitrogens with one attached hydrogen (secondary N) is 2. The Hall–Kier alpha value is -3.00. The molecule has 1 amide bonds. The molecule has 1 atom stereocenters. The van der Waals surface area contributed by atoms with E-state index < -0.39 is 11.1 Å². The van der Waals surface area contributed by atoms with E-state index in [1.54, 1.807) is 19.1 Å². The average molecular weight is 368 g/mol. The van der Waals surface area contributed by atoms with Crippen molar-refractivity contribution in [3.8, 4) is 0 Å². The van der Waals surface area contributed by atoms with E-state index in [1.165, 1.54) is 17.4 Å². The van der Waals surface area contributed by atoms with Gasteiger partial charge in [0.05, 0.1) is 10.6 Å². The Morgan fingerprint density at radius 3 is 2.65 bits per heavy atom. The lowest BCUT2D eigenvalue weighted by Crippen LogP contribution is -2.37. The van der Waals surface area contributed by atoms with E-state index in [0.717, 1.165) is 27.2 Å². The number of hydrogen-bond donors (Lipinski definition) is 2. The van der Waals surface area contributed by atoms with Crippen molar-refractivity contribution in [2.75, 3.05) is 5.32 Å². The Morgan fingerprint density at radius 1 is 1.15 bits per heavy atom. The second-order valence-corrected chi connectivity index (χ2v) is 7.42. The number of rotatable bonds is 2. The summed E-state index contributed by atoms with van der Waals surface area (Å²) in [7, 11) is 0. The number of nitro benzene ring substituents is 1. The topological polar surface area (TPSA) is 97.2 Å². The first-order valence-corrected chi connectivity index (χ1v) is 8.90. The van der Waals surface area contributed by atoms with Gasteiger partial charge in [0.25, 0.3) is 11.6 Å². The van der Waals surface area contributed by atoms with Crippen LogP contribution in [-0.2, 0) is 0 Å². The monoisotopic (exact) mass is 368 g/mol. The molecule has 132 valence electrons. The van der Waals surface area contributed by atoms with Gasteiger partial charge in [0.1, 0.15) is 15.9 Å². The molecule has 2 aromatic heterocycles. The van der Waals surface area contributed by atoms with Crippen molar-refractivity contribution in [2.45, 2.75) is 26.9 Å². The van der Waals surface area contributed by atoms with Crippen LogP contribution in [0.25, 0.3) is 10.2 Å². The number of hydrogen-bond acceptors (Lipinski definition) is 6. The molecule has 0 saturated carbocycles. The Labute approximate surface area is 153 Å². The number of nitrogens with zero attached hydrogens (tertiary/aromatic N) is 2. The largest absolute Gasteiger partial charge is 0.360 e.